The number of rotatable bonds is 10. The number of likely N-dealkylation sites (tertiary alicyclic amines) is 1. The number of aromatic nitrogens is 2. The summed E-state index contributed by atoms with van der Waals surface area (Å²) in [6, 6.07) is 13.9. The number of anilines is 1. The van der Waals surface area contributed by atoms with Crippen LogP contribution in [-0.4, -0.2) is 77.2 Å². The summed E-state index contributed by atoms with van der Waals surface area (Å²) in [5, 5.41) is 10.7. The van der Waals surface area contributed by atoms with Gasteiger partial charge in [-0.3, -0.25) is 14.8 Å². The summed E-state index contributed by atoms with van der Waals surface area (Å²) in [7, 11) is 0. The third kappa shape index (κ3) is 7.25. The molecule has 0 bridgehead atoms. The van der Waals surface area contributed by atoms with Crippen molar-refractivity contribution in [3.63, 3.8) is 0 Å². The number of nitrogens with two attached hydrogens (primary N) is 1. The highest BCUT2D eigenvalue weighted by Crippen LogP contribution is 2.49. The molecule has 0 unspecified atom stereocenters. The predicted molar refractivity (Wildman–Crippen MR) is 171 cm³/mol. The topological polar surface area (TPSA) is 81.8 Å². The Kier molecular flexibility index (Phi) is 9.01. The molecular weight excluding hydrogens is 544 g/mol. The van der Waals surface area contributed by atoms with E-state index in [9.17, 15) is 5.11 Å². The maximum atomic E-state index is 10.2. The van der Waals surface area contributed by atoms with Crippen LogP contribution in [0.3, 0.4) is 0 Å². The Labute approximate surface area is 255 Å². The lowest BCUT2D eigenvalue weighted by Gasteiger charge is -2.37. The second-order valence-electron chi connectivity index (χ2n) is 12.8. The quantitative estimate of drug-likeness (QED) is 0.320. The van der Waals surface area contributed by atoms with Crippen molar-refractivity contribution in [2.45, 2.75) is 52.0 Å². The number of piperidine rings is 1. The molecule has 6 rings (SSSR count). The number of aromatic hydroxyl groups is 1. The molecular formula is C34H45ClN6O. The van der Waals surface area contributed by atoms with E-state index in [2.05, 4.69) is 45.9 Å². The number of hydrogen-bond acceptors (Lipinski definition) is 7. The van der Waals surface area contributed by atoms with Gasteiger partial charge >= 0.3 is 0 Å². The van der Waals surface area contributed by atoms with E-state index in [1.165, 1.54) is 31.4 Å². The minimum Gasteiger partial charge on any atom is -0.508 e. The van der Waals surface area contributed by atoms with Gasteiger partial charge < -0.3 is 15.7 Å². The van der Waals surface area contributed by atoms with Crippen molar-refractivity contribution in [1.29, 1.82) is 0 Å². The average Bonchev–Trinajstić information content (AvgIpc) is 3.77. The number of piperazine rings is 1. The van der Waals surface area contributed by atoms with Gasteiger partial charge in [0.15, 0.2) is 0 Å². The lowest BCUT2D eigenvalue weighted by atomic mass is 9.96. The zero-order valence-corrected chi connectivity index (χ0v) is 25.7. The van der Waals surface area contributed by atoms with Crippen molar-refractivity contribution in [3.05, 3.63) is 70.5 Å². The highest BCUT2D eigenvalue weighted by atomic mass is 35.5. The molecule has 0 spiro atoms. The van der Waals surface area contributed by atoms with Gasteiger partial charge in [-0.1, -0.05) is 24.6 Å². The van der Waals surface area contributed by atoms with E-state index in [1.54, 1.807) is 12.1 Å². The van der Waals surface area contributed by atoms with Gasteiger partial charge in [-0.25, -0.2) is 4.98 Å². The maximum Gasteiger partial charge on any atom is 0.128 e. The first-order valence-corrected chi connectivity index (χ1v) is 16.1. The number of halogens is 1. The number of hydrogen-bond donors (Lipinski definition) is 2. The standard InChI is InChI=1S/C34H45ClN6O/c1-2-34(7-8-34)24-40-11-13-41(14-12-40)33-4-3-26(22-37-33)15-30-16-27(23-39-9-5-25(21-36)6-10-39)17-32(38-30)28-18-29(35)20-31(42)19-28/h3-4,16-20,22,25,42H,2,5-15,21,23-24,36H2,1H3. The molecule has 4 heterocycles. The molecule has 2 aliphatic heterocycles. The van der Waals surface area contributed by atoms with Crippen LogP contribution in [0.1, 0.15) is 55.8 Å². The van der Waals surface area contributed by atoms with Crippen LogP contribution in [0, 0.1) is 11.3 Å². The van der Waals surface area contributed by atoms with Crippen molar-refractivity contribution < 1.29 is 5.11 Å². The van der Waals surface area contributed by atoms with Crippen LogP contribution in [-0.2, 0) is 13.0 Å². The monoisotopic (exact) mass is 588 g/mol. The van der Waals surface area contributed by atoms with Gasteiger partial charge in [-0.05, 0) is 111 Å². The molecule has 2 saturated heterocycles. The lowest BCUT2D eigenvalue weighted by Crippen LogP contribution is -2.48. The largest absolute Gasteiger partial charge is 0.508 e. The normalized spacial score (nSPS) is 19.7. The zero-order valence-electron chi connectivity index (χ0n) is 24.9. The third-order valence-corrected chi connectivity index (χ3v) is 9.94. The van der Waals surface area contributed by atoms with Crippen LogP contribution in [0.5, 0.6) is 5.75 Å². The van der Waals surface area contributed by atoms with E-state index in [-0.39, 0.29) is 5.75 Å². The van der Waals surface area contributed by atoms with Crippen molar-refractivity contribution in [2.24, 2.45) is 17.1 Å². The Morgan fingerprint density at radius 1 is 0.952 bits per heavy atom. The van der Waals surface area contributed by atoms with Gasteiger partial charge in [0.25, 0.3) is 0 Å². The molecule has 3 fully saturated rings. The molecule has 1 aliphatic carbocycles. The first kappa shape index (κ1) is 29.4. The number of nitrogens with zero attached hydrogens (tertiary/aromatic N) is 5. The van der Waals surface area contributed by atoms with E-state index in [4.69, 9.17) is 27.3 Å². The first-order valence-electron chi connectivity index (χ1n) is 15.7. The van der Waals surface area contributed by atoms with Crippen LogP contribution in [0.4, 0.5) is 5.82 Å². The van der Waals surface area contributed by atoms with Gasteiger partial charge in [-0.15, -0.1) is 0 Å². The summed E-state index contributed by atoms with van der Waals surface area (Å²) in [5.41, 5.74) is 11.5. The Balaban J connectivity index is 1.15. The van der Waals surface area contributed by atoms with Gasteiger partial charge in [0.2, 0.25) is 0 Å². The Morgan fingerprint density at radius 2 is 1.74 bits per heavy atom. The number of phenols is 1. The van der Waals surface area contributed by atoms with Gasteiger partial charge in [0.05, 0.1) is 5.69 Å². The number of benzene rings is 1. The van der Waals surface area contributed by atoms with Crippen LogP contribution in [0.15, 0.2) is 48.7 Å². The van der Waals surface area contributed by atoms with Gasteiger partial charge in [0.1, 0.15) is 11.6 Å². The van der Waals surface area contributed by atoms with Crippen molar-refractivity contribution in [1.82, 2.24) is 19.8 Å². The highest BCUT2D eigenvalue weighted by molar-refractivity contribution is 6.31. The molecule has 1 saturated carbocycles. The molecule has 3 aromatic rings. The Hall–Kier alpha value is -2.71. The molecule has 3 N–H and O–H groups in total. The molecule has 0 radical (unpaired) electrons. The molecule has 0 amide bonds. The number of pyridine rings is 2. The highest BCUT2D eigenvalue weighted by Gasteiger charge is 2.42. The molecule has 7 nitrogen and oxygen atoms in total. The minimum absolute atomic E-state index is 0.146. The molecule has 3 aliphatic rings. The smallest absolute Gasteiger partial charge is 0.128 e. The summed E-state index contributed by atoms with van der Waals surface area (Å²) in [6.45, 7) is 11.7. The summed E-state index contributed by atoms with van der Waals surface area (Å²) in [5.74, 6) is 1.84. The van der Waals surface area contributed by atoms with Crippen molar-refractivity contribution in [2.75, 3.05) is 57.3 Å². The van der Waals surface area contributed by atoms with Crippen LogP contribution in [0.25, 0.3) is 11.3 Å². The average molecular weight is 589 g/mol. The van der Waals surface area contributed by atoms with Crippen LogP contribution in [0.2, 0.25) is 5.02 Å². The van der Waals surface area contributed by atoms with E-state index >= 15 is 0 Å². The SMILES string of the molecule is CCC1(CN2CCN(c3ccc(Cc4cc(CN5CCC(CN)CC5)cc(-c5cc(O)cc(Cl)c5)n4)cn3)CC2)CC1. The molecule has 2 aromatic heterocycles. The second kappa shape index (κ2) is 12.9. The van der Waals surface area contributed by atoms with Crippen LogP contribution < -0.4 is 10.6 Å². The summed E-state index contributed by atoms with van der Waals surface area (Å²) in [6.07, 6.45) is 9.12. The third-order valence-electron chi connectivity index (χ3n) is 9.72. The summed E-state index contributed by atoms with van der Waals surface area (Å²) < 4.78 is 0. The fraction of sp³-hybridized carbons (Fsp3) is 0.529. The van der Waals surface area contributed by atoms with Crippen molar-refractivity contribution in [3.8, 4) is 17.0 Å². The number of phenolic OH excluding ortho intramolecular Hbond substituents is 1. The minimum atomic E-state index is 0.146. The van der Waals surface area contributed by atoms with E-state index in [1.807, 2.05) is 12.3 Å². The first-order chi connectivity index (χ1) is 20.4. The fourth-order valence-corrected chi connectivity index (χ4v) is 6.90. The summed E-state index contributed by atoms with van der Waals surface area (Å²) >= 11 is 6.30. The van der Waals surface area contributed by atoms with Crippen LogP contribution >= 0.6 is 11.6 Å². The molecule has 1 aromatic carbocycles. The van der Waals surface area contributed by atoms with E-state index < -0.39 is 0 Å². The van der Waals surface area contributed by atoms with Crippen molar-refractivity contribution >= 4 is 17.4 Å². The van der Waals surface area contributed by atoms with Gasteiger partial charge in [-0.2, -0.15) is 0 Å². The molecule has 42 heavy (non-hydrogen) atoms. The van der Waals surface area contributed by atoms with E-state index in [0.717, 1.165) is 93.5 Å². The maximum absolute atomic E-state index is 10.2. The summed E-state index contributed by atoms with van der Waals surface area (Å²) in [4.78, 5) is 17.5. The fourth-order valence-electron chi connectivity index (χ4n) is 6.67. The van der Waals surface area contributed by atoms with E-state index in [0.29, 0.717) is 22.8 Å². The van der Waals surface area contributed by atoms with Gasteiger partial charge in [0, 0.05) is 68.2 Å². The zero-order chi connectivity index (χ0) is 29.1. The Bertz CT molecular complexity index is 1320. The molecule has 0 atom stereocenters. The molecule has 8 heteroatoms. The lowest BCUT2D eigenvalue weighted by molar-refractivity contribution is 0.180. The predicted octanol–water partition coefficient (Wildman–Crippen LogP) is 5.58. The molecule has 224 valence electrons. The second-order valence-corrected chi connectivity index (χ2v) is 13.3. The Morgan fingerprint density at radius 3 is 2.38 bits per heavy atom.